The molecule has 4 aliphatic heterocycles. The summed E-state index contributed by atoms with van der Waals surface area (Å²) >= 11 is 0. The van der Waals surface area contributed by atoms with Gasteiger partial charge < -0.3 is 39.8 Å². The number of hydrogen-bond acceptors (Lipinski definition) is 11. The molecule has 3 aromatic rings. The number of aryl methyl sites for hydroxylation is 1. The summed E-state index contributed by atoms with van der Waals surface area (Å²) in [6, 6.07) is 8.55. The Kier molecular flexibility index (Phi) is 9.06. The SMILES string of the molecule is COc1c(C)cc2c(c1O)C1C3Cc4c(OC(C)=O)c(C)c5c(c4[C@H](CNC(=O)[C@H](C)NC(=O)Cc4ccccc4)N3[C@@H](O)C(C2)N1C)OCO5. The molecule has 4 heterocycles. The van der Waals surface area contributed by atoms with E-state index in [9.17, 15) is 24.6 Å². The Morgan fingerprint density at radius 2 is 1.76 bits per heavy atom. The number of aliphatic hydroxyl groups is 1. The van der Waals surface area contributed by atoms with E-state index in [1.54, 1.807) is 6.92 Å². The molecule has 51 heavy (non-hydrogen) atoms. The predicted molar refractivity (Wildman–Crippen MR) is 185 cm³/mol. The molecule has 3 aromatic carbocycles. The van der Waals surface area contributed by atoms with E-state index in [0.29, 0.717) is 58.1 Å². The molecule has 0 aliphatic carbocycles. The van der Waals surface area contributed by atoms with Crippen molar-refractivity contribution in [1.29, 1.82) is 0 Å². The molecular formula is C38H44N4O9. The number of ether oxygens (including phenoxy) is 4. The largest absolute Gasteiger partial charge is 0.504 e. The van der Waals surface area contributed by atoms with Crippen molar-refractivity contribution in [3.63, 3.8) is 0 Å². The summed E-state index contributed by atoms with van der Waals surface area (Å²) in [6.45, 7) is 6.63. The third-order valence-electron chi connectivity index (χ3n) is 10.8. The van der Waals surface area contributed by atoms with E-state index in [4.69, 9.17) is 18.9 Å². The number of rotatable bonds is 8. The van der Waals surface area contributed by atoms with E-state index >= 15 is 0 Å². The normalized spacial score (nSPS) is 23.7. The third kappa shape index (κ3) is 5.82. The summed E-state index contributed by atoms with van der Waals surface area (Å²) < 4.78 is 23.5. The van der Waals surface area contributed by atoms with Crippen molar-refractivity contribution in [2.75, 3.05) is 27.5 Å². The number of nitrogens with one attached hydrogen (secondary N) is 2. The molecule has 4 aliphatic rings. The van der Waals surface area contributed by atoms with Crippen LogP contribution in [0.15, 0.2) is 36.4 Å². The van der Waals surface area contributed by atoms with Gasteiger partial charge in [-0.15, -0.1) is 0 Å². The number of nitrogens with zero attached hydrogens (tertiary/aromatic N) is 2. The predicted octanol–water partition coefficient (Wildman–Crippen LogP) is 2.73. The molecule has 0 spiro atoms. The van der Waals surface area contributed by atoms with Gasteiger partial charge in [0, 0.05) is 41.8 Å². The van der Waals surface area contributed by atoms with E-state index in [-0.39, 0.29) is 37.5 Å². The molecule has 0 aromatic heterocycles. The highest BCUT2D eigenvalue weighted by molar-refractivity contribution is 5.88. The van der Waals surface area contributed by atoms with Crippen molar-refractivity contribution in [1.82, 2.24) is 20.4 Å². The van der Waals surface area contributed by atoms with Crippen molar-refractivity contribution in [2.45, 2.75) is 83.4 Å². The molecule has 270 valence electrons. The van der Waals surface area contributed by atoms with Crippen LogP contribution in [-0.2, 0) is 33.6 Å². The number of carbonyl (C=O) groups is 3. The lowest BCUT2D eigenvalue weighted by molar-refractivity contribution is -0.172. The number of piperazine rings is 1. The number of methoxy groups -OCH3 is 1. The van der Waals surface area contributed by atoms with Crippen molar-refractivity contribution < 1.29 is 43.5 Å². The second kappa shape index (κ2) is 13.4. The molecule has 0 saturated carbocycles. The molecule has 7 rings (SSSR count). The topological polar surface area (TPSA) is 159 Å². The smallest absolute Gasteiger partial charge is 0.308 e. The van der Waals surface area contributed by atoms with Crippen LogP contribution >= 0.6 is 0 Å². The Morgan fingerprint density at radius 3 is 2.47 bits per heavy atom. The molecule has 1 fully saturated rings. The van der Waals surface area contributed by atoms with Gasteiger partial charge in [-0.1, -0.05) is 36.4 Å². The zero-order chi connectivity index (χ0) is 36.3. The quantitative estimate of drug-likeness (QED) is 0.202. The van der Waals surface area contributed by atoms with Gasteiger partial charge >= 0.3 is 5.97 Å². The first kappa shape index (κ1) is 34.6. The van der Waals surface area contributed by atoms with Crippen LogP contribution in [-0.4, -0.2) is 89.6 Å². The fourth-order valence-corrected chi connectivity index (χ4v) is 8.61. The van der Waals surface area contributed by atoms with Gasteiger partial charge in [-0.2, -0.15) is 0 Å². The van der Waals surface area contributed by atoms with E-state index in [0.717, 1.165) is 16.7 Å². The zero-order valence-electron chi connectivity index (χ0n) is 29.6. The second-order valence-electron chi connectivity index (χ2n) is 13.9. The van der Waals surface area contributed by atoms with Gasteiger partial charge in [0.15, 0.2) is 23.0 Å². The Morgan fingerprint density at radius 1 is 1.04 bits per heavy atom. The number of esters is 1. The maximum absolute atomic E-state index is 13.6. The van der Waals surface area contributed by atoms with Gasteiger partial charge in [0.25, 0.3) is 0 Å². The summed E-state index contributed by atoms with van der Waals surface area (Å²) in [4.78, 5) is 43.0. The average molecular weight is 701 g/mol. The average Bonchev–Trinajstić information content (AvgIpc) is 3.58. The summed E-state index contributed by atoms with van der Waals surface area (Å²) in [5.41, 5.74) is 5.21. The number of likely N-dealkylation sites (N-methyl/N-ethyl adjacent to an activating group) is 1. The number of fused-ring (bicyclic) bond motifs is 9. The standard InChI is InChI=1S/C38H44N4O9/c1-18-12-23-14-26-38(47)42-25(31(41(26)5)29(23)32(45)33(18)48-6)15-24-30(36-35(49-17-50-36)19(2)34(24)51-21(4)43)27(42)16-39-37(46)20(3)40-28(44)13-22-10-8-7-9-11-22/h7-12,20,25-27,31,38,45,47H,13-17H2,1-6H3,(H,39,46)(H,40,44)/t20-,25?,26?,27-,31?,38-/m0/s1. The van der Waals surface area contributed by atoms with Crippen LogP contribution in [0.3, 0.4) is 0 Å². The number of hydrogen-bond donors (Lipinski definition) is 4. The Bertz CT molecular complexity index is 1900. The van der Waals surface area contributed by atoms with Gasteiger partial charge in [0.2, 0.25) is 18.6 Å². The second-order valence-corrected chi connectivity index (χ2v) is 13.9. The molecule has 0 radical (unpaired) electrons. The minimum atomic E-state index is -0.997. The van der Waals surface area contributed by atoms with Crippen molar-refractivity contribution in [3.05, 3.63) is 75.3 Å². The van der Waals surface area contributed by atoms with Crippen molar-refractivity contribution >= 4 is 17.8 Å². The Hall–Kier alpha value is -4.85. The van der Waals surface area contributed by atoms with Gasteiger partial charge in [-0.3, -0.25) is 24.2 Å². The Labute approximate surface area is 296 Å². The zero-order valence-corrected chi connectivity index (χ0v) is 29.6. The molecular weight excluding hydrogens is 656 g/mol. The first-order valence-corrected chi connectivity index (χ1v) is 17.2. The number of aliphatic hydroxyl groups excluding tert-OH is 1. The van der Waals surface area contributed by atoms with Crippen molar-refractivity contribution in [2.24, 2.45) is 0 Å². The highest BCUT2D eigenvalue weighted by Gasteiger charge is 2.56. The molecule has 2 amide bonds. The van der Waals surface area contributed by atoms with Crippen LogP contribution in [0.5, 0.6) is 28.7 Å². The van der Waals surface area contributed by atoms with E-state index in [1.165, 1.54) is 14.0 Å². The highest BCUT2D eigenvalue weighted by atomic mass is 16.7. The fourth-order valence-electron chi connectivity index (χ4n) is 8.61. The summed E-state index contributed by atoms with van der Waals surface area (Å²) in [6.07, 6.45) is -0.0818. The number of phenolic OH excluding ortho intramolecular Hbond substituents is 1. The van der Waals surface area contributed by atoms with Gasteiger partial charge in [0.05, 0.1) is 31.7 Å². The van der Waals surface area contributed by atoms with Crippen LogP contribution in [0, 0.1) is 13.8 Å². The summed E-state index contributed by atoms with van der Waals surface area (Å²) in [7, 11) is 3.47. The lowest BCUT2D eigenvalue weighted by Crippen LogP contribution is -2.69. The van der Waals surface area contributed by atoms with Crippen LogP contribution in [0.1, 0.15) is 64.9 Å². The van der Waals surface area contributed by atoms with Gasteiger partial charge in [0.1, 0.15) is 18.0 Å². The molecule has 13 heteroatoms. The van der Waals surface area contributed by atoms with E-state index in [2.05, 4.69) is 15.5 Å². The van der Waals surface area contributed by atoms with E-state index < -0.39 is 42.3 Å². The minimum Gasteiger partial charge on any atom is -0.504 e. The third-order valence-corrected chi connectivity index (χ3v) is 10.8. The molecule has 1 saturated heterocycles. The lowest BCUT2D eigenvalue weighted by atomic mass is 9.73. The lowest BCUT2D eigenvalue weighted by Gasteiger charge is -2.60. The van der Waals surface area contributed by atoms with Gasteiger partial charge in [-0.05, 0) is 57.4 Å². The number of amides is 2. The molecule has 4 N–H and O–H groups in total. The molecule has 3 unspecified atom stereocenters. The maximum atomic E-state index is 13.6. The Balaban J connectivity index is 1.29. The monoisotopic (exact) mass is 700 g/mol. The maximum Gasteiger partial charge on any atom is 0.308 e. The van der Waals surface area contributed by atoms with Crippen LogP contribution in [0.4, 0.5) is 0 Å². The number of carbonyl (C=O) groups excluding carboxylic acids is 3. The first-order valence-electron chi connectivity index (χ1n) is 17.2. The molecule has 13 nitrogen and oxygen atoms in total. The van der Waals surface area contributed by atoms with E-state index in [1.807, 2.05) is 62.2 Å². The fraction of sp³-hybridized carbons (Fsp3) is 0.447. The molecule has 2 bridgehead atoms. The number of phenols is 1. The van der Waals surface area contributed by atoms with Crippen molar-refractivity contribution in [3.8, 4) is 28.7 Å². The van der Waals surface area contributed by atoms with Crippen LogP contribution in [0.25, 0.3) is 0 Å². The molecule has 6 atom stereocenters. The first-order chi connectivity index (χ1) is 24.4. The number of benzene rings is 3. The number of aromatic hydroxyl groups is 1. The van der Waals surface area contributed by atoms with Crippen LogP contribution in [0.2, 0.25) is 0 Å². The summed E-state index contributed by atoms with van der Waals surface area (Å²) in [5, 5.41) is 29.8. The minimum absolute atomic E-state index is 0.0237. The summed E-state index contributed by atoms with van der Waals surface area (Å²) in [5.74, 6) is 0.494. The van der Waals surface area contributed by atoms with Gasteiger partial charge in [-0.25, -0.2) is 0 Å². The van der Waals surface area contributed by atoms with Crippen LogP contribution < -0.4 is 29.6 Å². The highest BCUT2D eigenvalue weighted by Crippen LogP contribution is 2.58.